The molecule has 2 N–H and O–H groups in total. The quantitative estimate of drug-likeness (QED) is 0.825. The number of nitrogens with zero attached hydrogens (tertiary/aromatic N) is 1. The summed E-state index contributed by atoms with van der Waals surface area (Å²) in [6, 6.07) is 15.1. The summed E-state index contributed by atoms with van der Waals surface area (Å²) in [4.78, 5) is 28.2. The molecule has 1 heterocycles. The Morgan fingerprint density at radius 2 is 1.96 bits per heavy atom. The van der Waals surface area contributed by atoms with Crippen LogP contribution in [-0.2, 0) is 9.59 Å². The molecule has 2 aromatic rings. The molecule has 0 aliphatic carbocycles. The third kappa shape index (κ3) is 4.58. The highest BCUT2D eigenvalue weighted by Gasteiger charge is 2.23. The highest BCUT2D eigenvalue weighted by atomic mass is 32.2. The lowest BCUT2D eigenvalue weighted by Gasteiger charge is -2.02. The minimum atomic E-state index is -0.164. The van der Waals surface area contributed by atoms with Gasteiger partial charge in [-0.25, -0.2) is 4.99 Å². The van der Waals surface area contributed by atoms with Gasteiger partial charge in [-0.1, -0.05) is 24.3 Å². The van der Waals surface area contributed by atoms with Gasteiger partial charge in [0.15, 0.2) is 5.17 Å². The number of carbonyl (C=O) groups is 2. The number of thioether (sulfide) groups is 1. The lowest BCUT2D eigenvalue weighted by molar-refractivity contribution is -0.115. The molecule has 0 bridgehead atoms. The third-order valence-electron chi connectivity index (χ3n) is 3.41. The van der Waals surface area contributed by atoms with E-state index in [4.69, 9.17) is 0 Å². The van der Waals surface area contributed by atoms with Gasteiger partial charge in [0.2, 0.25) is 5.91 Å². The van der Waals surface area contributed by atoms with Crippen LogP contribution in [0.5, 0.6) is 0 Å². The van der Waals surface area contributed by atoms with Crippen LogP contribution in [0, 0.1) is 6.92 Å². The van der Waals surface area contributed by atoms with Crippen LogP contribution in [-0.4, -0.2) is 17.0 Å². The number of rotatable bonds is 3. The number of hydrogen-bond acceptors (Lipinski definition) is 4. The largest absolute Gasteiger partial charge is 0.326 e. The van der Waals surface area contributed by atoms with Crippen molar-refractivity contribution in [1.82, 2.24) is 5.32 Å². The maximum Gasteiger partial charge on any atom is 0.264 e. The number of aryl methyl sites for hydroxylation is 1. The van der Waals surface area contributed by atoms with Gasteiger partial charge >= 0.3 is 0 Å². The fraction of sp³-hybridized carbons (Fsp3) is 0.105. The number of carbonyl (C=O) groups excluding carboxylic acids is 2. The van der Waals surface area contributed by atoms with Gasteiger partial charge < -0.3 is 10.6 Å². The minimum Gasteiger partial charge on any atom is -0.326 e. The molecule has 2 amide bonds. The molecule has 6 heteroatoms. The number of nitrogens with one attached hydrogen (secondary N) is 2. The van der Waals surface area contributed by atoms with Crippen molar-refractivity contribution in [3.05, 3.63) is 64.6 Å². The van der Waals surface area contributed by atoms with Crippen LogP contribution in [0.15, 0.2) is 58.4 Å². The van der Waals surface area contributed by atoms with Gasteiger partial charge in [-0.15, -0.1) is 0 Å². The monoisotopic (exact) mass is 351 g/mol. The topological polar surface area (TPSA) is 70.6 Å². The summed E-state index contributed by atoms with van der Waals surface area (Å²) >= 11 is 1.31. The Balaban J connectivity index is 1.76. The first-order valence-electron chi connectivity index (χ1n) is 7.73. The van der Waals surface area contributed by atoms with E-state index in [-0.39, 0.29) is 11.8 Å². The number of anilines is 1. The van der Waals surface area contributed by atoms with E-state index in [0.29, 0.717) is 10.1 Å². The first-order chi connectivity index (χ1) is 12.0. The average Bonchev–Trinajstić information content (AvgIpc) is 2.88. The molecule has 0 aromatic heterocycles. The summed E-state index contributed by atoms with van der Waals surface area (Å²) in [5.74, 6) is -0.281. The number of amides is 2. The zero-order chi connectivity index (χ0) is 17.8. The third-order valence-corrected chi connectivity index (χ3v) is 4.32. The molecule has 1 saturated heterocycles. The van der Waals surface area contributed by atoms with Crippen molar-refractivity contribution in [2.75, 3.05) is 5.32 Å². The lowest BCUT2D eigenvalue weighted by Crippen LogP contribution is -2.19. The van der Waals surface area contributed by atoms with Gasteiger partial charge in [0.1, 0.15) is 0 Å². The maximum atomic E-state index is 12.1. The molecule has 126 valence electrons. The van der Waals surface area contributed by atoms with Crippen molar-refractivity contribution >= 4 is 46.2 Å². The van der Waals surface area contributed by atoms with E-state index in [0.717, 1.165) is 22.5 Å². The van der Waals surface area contributed by atoms with Crippen LogP contribution in [0.4, 0.5) is 11.4 Å². The molecular formula is C19H17N3O2S. The molecule has 0 radical (unpaired) electrons. The number of hydrogen-bond donors (Lipinski definition) is 2. The van der Waals surface area contributed by atoms with Crippen molar-refractivity contribution in [2.45, 2.75) is 13.8 Å². The first kappa shape index (κ1) is 17.0. The molecule has 0 atom stereocenters. The van der Waals surface area contributed by atoms with Crippen LogP contribution in [0.25, 0.3) is 6.08 Å². The SMILES string of the molecule is CC(=O)Nc1ccc(/C=C2\SC(=Nc3cccc(C)c3)NC2=O)cc1. The fourth-order valence-electron chi connectivity index (χ4n) is 2.31. The van der Waals surface area contributed by atoms with Crippen LogP contribution in [0.2, 0.25) is 0 Å². The van der Waals surface area contributed by atoms with Crippen molar-refractivity contribution < 1.29 is 9.59 Å². The Hall–Kier alpha value is -2.86. The molecule has 1 aliphatic heterocycles. The van der Waals surface area contributed by atoms with Crippen molar-refractivity contribution in [1.29, 1.82) is 0 Å². The van der Waals surface area contributed by atoms with Gasteiger partial charge in [0, 0.05) is 12.6 Å². The zero-order valence-corrected chi connectivity index (χ0v) is 14.7. The fourth-order valence-corrected chi connectivity index (χ4v) is 3.15. The average molecular weight is 351 g/mol. The first-order valence-corrected chi connectivity index (χ1v) is 8.55. The summed E-state index contributed by atoms with van der Waals surface area (Å²) < 4.78 is 0. The summed E-state index contributed by atoms with van der Waals surface area (Å²) in [6.07, 6.45) is 1.80. The highest BCUT2D eigenvalue weighted by molar-refractivity contribution is 8.18. The maximum absolute atomic E-state index is 12.1. The van der Waals surface area contributed by atoms with Crippen molar-refractivity contribution in [3.63, 3.8) is 0 Å². The Morgan fingerprint density at radius 1 is 1.20 bits per heavy atom. The Kier molecular flexibility index (Phi) is 5.00. The van der Waals surface area contributed by atoms with E-state index in [1.54, 1.807) is 18.2 Å². The molecule has 3 rings (SSSR count). The molecule has 0 unspecified atom stereocenters. The second-order valence-corrected chi connectivity index (χ2v) is 6.65. The predicted molar refractivity (Wildman–Crippen MR) is 103 cm³/mol. The van der Waals surface area contributed by atoms with Crippen molar-refractivity contribution in [2.24, 2.45) is 4.99 Å². The Morgan fingerprint density at radius 3 is 2.64 bits per heavy atom. The lowest BCUT2D eigenvalue weighted by atomic mass is 10.2. The summed E-state index contributed by atoms with van der Waals surface area (Å²) in [5.41, 5.74) is 3.53. The predicted octanol–water partition coefficient (Wildman–Crippen LogP) is 3.85. The molecule has 1 fully saturated rings. The standard InChI is InChI=1S/C19H17N3O2S/c1-12-4-3-5-16(10-12)21-19-22-18(24)17(25-19)11-14-6-8-15(9-7-14)20-13(2)23/h3-11H,1-2H3,(H,20,23)(H,21,22,24)/b17-11-. The molecule has 2 aromatic carbocycles. The van der Waals surface area contributed by atoms with Gasteiger partial charge in [-0.3, -0.25) is 9.59 Å². The van der Waals surface area contributed by atoms with E-state index in [9.17, 15) is 9.59 Å². The van der Waals surface area contributed by atoms with E-state index in [1.807, 2.05) is 43.3 Å². The van der Waals surface area contributed by atoms with Crippen LogP contribution >= 0.6 is 11.8 Å². The number of amidine groups is 1. The van der Waals surface area contributed by atoms with Gasteiger partial charge in [-0.05, 0) is 60.2 Å². The molecule has 5 nitrogen and oxygen atoms in total. The van der Waals surface area contributed by atoms with Gasteiger partial charge in [0.25, 0.3) is 5.91 Å². The van der Waals surface area contributed by atoms with E-state index in [1.165, 1.54) is 18.7 Å². The molecule has 25 heavy (non-hydrogen) atoms. The highest BCUT2D eigenvalue weighted by Crippen LogP contribution is 2.28. The van der Waals surface area contributed by atoms with Gasteiger partial charge in [0.05, 0.1) is 10.6 Å². The Labute approximate surface area is 150 Å². The van der Waals surface area contributed by atoms with E-state index in [2.05, 4.69) is 15.6 Å². The minimum absolute atomic E-state index is 0.117. The molecule has 0 spiro atoms. The molecule has 0 saturated carbocycles. The summed E-state index contributed by atoms with van der Waals surface area (Å²) in [5, 5.41) is 6.05. The van der Waals surface area contributed by atoms with Crippen LogP contribution < -0.4 is 10.6 Å². The summed E-state index contributed by atoms with van der Waals surface area (Å²) in [7, 11) is 0. The summed E-state index contributed by atoms with van der Waals surface area (Å²) in [6.45, 7) is 3.46. The van der Waals surface area contributed by atoms with Crippen molar-refractivity contribution in [3.8, 4) is 0 Å². The van der Waals surface area contributed by atoms with Gasteiger partial charge in [-0.2, -0.15) is 0 Å². The molecular weight excluding hydrogens is 334 g/mol. The Bertz CT molecular complexity index is 886. The van der Waals surface area contributed by atoms with E-state index >= 15 is 0 Å². The molecule has 1 aliphatic rings. The second-order valence-electron chi connectivity index (χ2n) is 5.62. The van der Waals surface area contributed by atoms with Crippen LogP contribution in [0.1, 0.15) is 18.1 Å². The number of benzene rings is 2. The van der Waals surface area contributed by atoms with E-state index < -0.39 is 0 Å². The number of aliphatic imine (C=N–C) groups is 1. The smallest absolute Gasteiger partial charge is 0.264 e. The van der Waals surface area contributed by atoms with Crippen LogP contribution in [0.3, 0.4) is 0 Å². The normalized spacial score (nSPS) is 17.0. The second kappa shape index (κ2) is 7.36. The zero-order valence-electron chi connectivity index (χ0n) is 13.9.